The summed E-state index contributed by atoms with van der Waals surface area (Å²) in [5, 5.41) is 2.98. The first-order valence-corrected chi connectivity index (χ1v) is 8.21. The SMILES string of the molecule is CN(C)Cc1cc(CNC(=O)C2CCc3cncn3C2)ccc1F. The van der Waals surface area contributed by atoms with Crippen molar-refractivity contribution in [1.29, 1.82) is 0 Å². The maximum Gasteiger partial charge on any atom is 0.225 e. The maximum absolute atomic E-state index is 13.8. The Morgan fingerprint density at radius 1 is 1.46 bits per heavy atom. The van der Waals surface area contributed by atoms with Gasteiger partial charge in [-0.25, -0.2) is 9.37 Å². The highest BCUT2D eigenvalue weighted by Gasteiger charge is 2.24. The van der Waals surface area contributed by atoms with E-state index >= 15 is 0 Å². The summed E-state index contributed by atoms with van der Waals surface area (Å²) in [5.41, 5.74) is 2.75. The van der Waals surface area contributed by atoms with Crippen LogP contribution >= 0.6 is 0 Å². The van der Waals surface area contributed by atoms with E-state index in [2.05, 4.69) is 10.3 Å². The number of nitrogens with one attached hydrogen (secondary N) is 1. The van der Waals surface area contributed by atoms with E-state index in [9.17, 15) is 9.18 Å². The van der Waals surface area contributed by atoms with E-state index in [1.54, 1.807) is 12.4 Å². The molecule has 1 N–H and O–H groups in total. The summed E-state index contributed by atoms with van der Waals surface area (Å²) < 4.78 is 15.8. The summed E-state index contributed by atoms with van der Waals surface area (Å²) in [4.78, 5) is 18.5. The van der Waals surface area contributed by atoms with E-state index in [0.29, 0.717) is 25.2 Å². The molecule has 5 nitrogen and oxygen atoms in total. The predicted molar refractivity (Wildman–Crippen MR) is 89.7 cm³/mol. The lowest BCUT2D eigenvalue weighted by Crippen LogP contribution is -2.35. The molecule has 0 fully saturated rings. The number of carbonyl (C=O) groups is 1. The molecule has 1 aliphatic heterocycles. The first-order valence-electron chi connectivity index (χ1n) is 8.21. The molecular formula is C18H23FN4O. The largest absolute Gasteiger partial charge is 0.352 e. The van der Waals surface area contributed by atoms with Crippen LogP contribution in [-0.4, -0.2) is 34.5 Å². The molecule has 128 valence electrons. The van der Waals surface area contributed by atoms with Crippen LogP contribution in [0.3, 0.4) is 0 Å². The zero-order valence-corrected chi connectivity index (χ0v) is 14.1. The van der Waals surface area contributed by atoms with E-state index in [4.69, 9.17) is 0 Å². The number of carbonyl (C=O) groups excluding carboxylic acids is 1. The van der Waals surface area contributed by atoms with Crippen molar-refractivity contribution in [2.75, 3.05) is 14.1 Å². The molecule has 0 bridgehead atoms. The predicted octanol–water partition coefficient (Wildman–Crippen LogP) is 1.96. The van der Waals surface area contributed by atoms with Crippen LogP contribution in [0.15, 0.2) is 30.7 Å². The average Bonchev–Trinajstić information content (AvgIpc) is 3.02. The molecule has 2 heterocycles. The van der Waals surface area contributed by atoms with E-state index in [1.807, 2.05) is 35.8 Å². The third-order valence-corrected chi connectivity index (χ3v) is 4.40. The number of rotatable bonds is 5. The fourth-order valence-corrected chi connectivity index (χ4v) is 3.12. The van der Waals surface area contributed by atoms with Crippen molar-refractivity contribution in [1.82, 2.24) is 19.8 Å². The van der Waals surface area contributed by atoms with E-state index < -0.39 is 0 Å². The highest BCUT2D eigenvalue weighted by atomic mass is 19.1. The standard InChI is InChI=1S/C18H23FN4O/c1-22(2)10-15-7-13(3-6-17(15)19)8-21-18(24)14-4-5-16-9-20-12-23(16)11-14/h3,6-7,9,12,14H,4-5,8,10-11H2,1-2H3,(H,21,24). The van der Waals surface area contributed by atoms with E-state index in [1.165, 1.54) is 11.8 Å². The second kappa shape index (κ2) is 7.13. The molecule has 1 amide bonds. The number of fused-ring (bicyclic) bond motifs is 1. The maximum atomic E-state index is 13.8. The van der Waals surface area contributed by atoms with Gasteiger partial charge in [0.1, 0.15) is 5.82 Å². The Balaban J connectivity index is 1.59. The molecule has 1 aliphatic rings. The van der Waals surface area contributed by atoms with Crippen LogP contribution in [0.2, 0.25) is 0 Å². The second-order valence-electron chi connectivity index (χ2n) is 6.65. The molecule has 24 heavy (non-hydrogen) atoms. The number of halogens is 1. The van der Waals surface area contributed by atoms with Gasteiger partial charge in [0.2, 0.25) is 5.91 Å². The molecule has 6 heteroatoms. The van der Waals surface area contributed by atoms with Gasteiger partial charge in [-0.1, -0.05) is 6.07 Å². The summed E-state index contributed by atoms with van der Waals surface area (Å²) in [6.07, 6.45) is 5.36. The molecule has 1 aromatic carbocycles. The van der Waals surface area contributed by atoms with Crippen LogP contribution in [0.1, 0.15) is 23.2 Å². The van der Waals surface area contributed by atoms with Gasteiger partial charge in [-0.15, -0.1) is 0 Å². The van der Waals surface area contributed by atoms with E-state index in [-0.39, 0.29) is 17.6 Å². The average molecular weight is 330 g/mol. The number of aromatic nitrogens is 2. The van der Waals surface area contributed by atoms with Gasteiger partial charge in [0, 0.05) is 37.1 Å². The smallest absolute Gasteiger partial charge is 0.225 e. The third kappa shape index (κ3) is 3.82. The molecule has 1 unspecified atom stereocenters. The summed E-state index contributed by atoms with van der Waals surface area (Å²) in [7, 11) is 3.81. The minimum atomic E-state index is -0.210. The normalized spacial score (nSPS) is 16.9. The Morgan fingerprint density at radius 3 is 3.08 bits per heavy atom. The number of nitrogens with zero attached hydrogens (tertiary/aromatic N) is 3. The number of aryl methyl sites for hydroxylation is 1. The molecule has 3 rings (SSSR count). The van der Waals surface area contributed by atoms with Gasteiger partial charge < -0.3 is 14.8 Å². The number of hydrogen-bond acceptors (Lipinski definition) is 3. The monoisotopic (exact) mass is 330 g/mol. The Hall–Kier alpha value is -2.21. The van der Waals surface area contributed by atoms with Gasteiger partial charge in [-0.2, -0.15) is 0 Å². The van der Waals surface area contributed by atoms with Crippen molar-refractivity contribution in [2.45, 2.75) is 32.5 Å². The van der Waals surface area contributed by atoms with Crippen LogP contribution in [-0.2, 0) is 30.8 Å². The lowest BCUT2D eigenvalue weighted by molar-refractivity contribution is -0.126. The van der Waals surface area contributed by atoms with Crippen molar-refractivity contribution < 1.29 is 9.18 Å². The zero-order valence-electron chi connectivity index (χ0n) is 14.1. The third-order valence-electron chi connectivity index (χ3n) is 4.40. The van der Waals surface area contributed by atoms with Gasteiger partial charge in [-0.05, 0) is 44.6 Å². The molecular weight excluding hydrogens is 307 g/mol. The van der Waals surface area contributed by atoms with Crippen molar-refractivity contribution >= 4 is 5.91 Å². The minimum Gasteiger partial charge on any atom is -0.352 e. The highest BCUT2D eigenvalue weighted by molar-refractivity contribution is 5.78. The van der Waals surface area contributed by atoms with Crippen LogP contribution in [0.5, 0.6) is 0 Å². The molecule has 1 aromatic heterocycles. The van der Waals surface area contributed by atoms with Crippen molar-refractivity contribution in [2.24, 2.45) is 5.92 Å². The van der Waals surface area contributed by atoms with Crippen molar-refractivity contribution in [3.8, 4) is 0 Å². The van der Waals surface area contributed by atoms with Crippen LogP contribution in [0.4, 0.5) is 4.39 Å². The molecule has 0 radical (unpaired) electrons. The fourth-order valence-electron chi connectivity index (χ4n) is 3.12. The van der Waals surface area contributed by atoms with Gasteiger partial charge >= 0.3 is 0 Å². The number of hydrogen-bond donors (Lipinski definition) is 1. The van der Waals surface area contributed by atoms with Gasteiger partial charge in [-0.3, -0.25) is 4.79 Å². The first-order chi connectivity index (χ1) is 11.5. The second-order valence-corrected chi connectivity index (χ2v) is 6.65. The molecule has 1 atom stereocenters. The van der Waals surface area contributed by atoms with E-state index in [0.717, 1.165) is 18.4 Å². The number of amides is 1. The van der Waals surface area contributed by atoms with Gasteiger partial charge in [0.25, 0.3) is 0 Å². The van der Waals surface area contributed by atoms with Crippen molar-refractivity contribution in [3.05, 3.63) is 53.4 Å². The summed E-state index contributed by atoms with van der Waals surface area (Å²) in [6.45, 7) is 1.64. The zero-order chi connectivity index (χ0) is 17.1. The molecule has 0 aliphatic carbocycles. The van der Waals surface area contributed by atoms with Crippen LogP contribution < -0.4 is 5.32 Å². The topological polar surface area (TPSA) is 50.2 Å². The van der Waals surface area contributed by atoms with Gasteiger partial charge in [0.15, 0.2) is 0 Å². The number of imidazole rings is 1. The molecule has 0 saturated carbocycles. The number of benzene rings is 1. The Labute approximate surface area is 141 Å². The molecule has 2 aromatic rings. The quantitative estimate of drug-likeness (QED) is 0.912. The van der Waals surface area contributed by atoms with Crippen molar-refractivity contribution in [3.63, 3.8) is 0 Å². The lowest BCUT2D eigenvalue weighted by atomic mass is 9.97. The Morgan fingerprint density at radius 2 is 2.29 bits per heavy atom. The summed E-state index contributed by atoms with van der Waals surface area (Å²) in [5.74, 6) is -0.195. The fraction of sp³-hybridized carbons (Fsp3) is 0.444. The minimum absolute atomic E-state index is 0.0339. The first kappa shape index (κ1) is 16.6. The highest BCUT2D eigenvalue weighted by Crippen LogP contribution is 2.20. The van der Waals surface area contributed by atoms with Gasteiger partial charge in [0.05, 0.1) is 12.2 Å². The molecule has 0 saturated heterocycles. The summed E-state index contributed by atoms with van der Waals surface area (Å²) in [6, 6.07) is 5.02. The lowest BCUT2D eigenvalue weighted by Gasteiger charge is -2.23. The summed E-state index contributed by atoms with van der Waals surface area (Å²) >= 11 is 0. The van der Waals surface area contributed by atoms with Crippen LogP contribution in [0, 0.1) is 11.7 Å². The Bertz CT molecular complexity index is 726. The molecule has 0 spiro atoms. The Kier molecular flexibility index (Phi) is 4.94. The van der Waals surface area contributed by atoms with Crippen LogP contribution in [0.25, 0.3) is 0 Å².